The second-order valence-electron chi connectivity index (χ2n) is 4.35. The number of aromatic hydroxyl groups is 2. The van der Waals surface area contributed by atoms with E-state index >= 15 is 0 Å². The highest BCUT2D eigenvalue weighted by molar-refractivity contribution is 6.12. The third-order valence-electron chi connectivity index (χ3n) is 3.11. The Morgan fingerprint density at radius 3 is 2.23 bits per heavy atom. The number of hydrogen-bond acceptors (Lipinski definition) is 8. The molecule has 0 amide bonds. The lowest BCUT2D eigenvalue weighted by atomic mass is 10.0. The van der Waals surface area contributed by atoms with Crippen LogP contribution in [0.2, 0.25) is 0 Å². The van der Waals surface area contributed by atoms with Crippen LogP contribution in [0.25, 0.3) is 21.8 Å². The molecule has 0 saturated heterocycles. The fourth-order valence-corrected chi connectivity index (χ4v) is 2.23. The summed E-state index contributed by atoms with van der Waals surface area (Å²) in [6, 6.07) is 4.84. The predicted molar refractivity (Wildman–Crippen MR) is 73.7 cm³/mol. The van der Waals surface area contributed by atoms with Crippen LogP contribution in [0.4, 0.5) is 11.4 Å². The molecule has 3 rings (SSSR count). The zero-order chi connectivity index (χ0) is 16.0. The third-order valence-corrected chi connectivity index (χ3v) is 3.11. The summed E-state index contributed by atoms with van der Waals surface area (Å²) in [5.74, 6) is -1.55. The first-order valence-electron chi connectivity index (χ1n) is 5.84. The summed E-state index contributed by atoms with van der Waals surface area (Å²) >= 11 is 0. The minimum Gasteiger partial charge on any atom is -0.489 e. The number of rotatable bonds is 2. The predicted octanol–water partition coefficient (Wildman–Crippen LogP) is 2.01. The average molecular weight is 302 g/mol. The van der Waals surface area contributed by atoms with Crippen LogP contribution in [-0.2, 0) is 0 Å². The largest absolute Gasteiger partial charge is 0.489 e. The van der Waals surface area contributed by atoms with Crippen LogP contribution < -0.4 is 0 Å². The Morgan fingerprint density at radius 1 is 0.955 bits per heavy atom. The quantitative estimate of drug-likeness (QED) is 0.414. The minimum absolute atomic E-state index is 0.0135. The van der Waals surface area contributed by atoms with Crippen molar-refractivity contribution in [3.63, 3.8) is 0 Å². The Labute approximate surface area is 120 Å². The van der Waals surface area contributed by atoms with Gasteiger partial charge in [-0.3, -0.25) is 20.2 Å². The van der Waals surface area contributed by atoms with Crippen LogP contribution >= 0.6 is 0 Å². The van der Waals surface area contributed by atoms with Gasteiger partial charge in [-0.25, -0.2) is 9.97 Å². The Bertz CT molecular complexity index is 971. The SMILES string of the molecule is O=[N+]([O-])c1cccc2c1c([N+](=O)[O-])cc1nc(O)c(O)nc12. The molecule has 10 nitrogen and oxygen atoms in total. The number of non-ortho nitro benzene ring substituents is 2. The summed E-state index contributed by atoms with van der Waals surface area (Å²) in [7, 11) is 0. The zero-order valence-electron chi connectivity index (χ0n) is 10.6. The number of nitro benzene ring substituents is 2. The van der Waals surface area contributed by atoms with Crippen molar-refractivity contribution in [1.29, 1.82) is 0 Å². The first-order chi connectivity index (χ1) is 10.4. The van der Waals surface area contributed by atoms with Crippen molar-refractivity contribution in [2.75, 3.05) is 0 Å². The second-order valence-corrected chi connectivity index (χ2v) is 4.35. The van der Waals surface area contributed by atoms with E-state index in [0.717, 1.165) is 12.1 Å². The molecule has 1 aromatic heterocycles. The maximum Gasteiger partial charge on any atom is 0.286 e. The molecule has 22 heavy (non-hydrogen) atoms. The van der Waals surface area contributed by atoms with Crippen molar-refractivity contribution >= 4 is 33.2 Å². The number of nitro groups is 2. The fourth-order valence-electron chi connectivity index (χ4n) is 2.23. The van der Waals surface area contributed by atoms with Gasteiger partial charge in [0.05, 0.1) is 9.85 Å². The molecular weight excluding hydrogens is 296 g/mol. The molecular formula is C12H6N4O6. The fraction of sp³-hybridized carbons (Fsp3) is 0. The number of benzene rings is 2. The van der Waals surface area contributed by atoms with Crippen molar-refractivity contribution in [2.24, 2.45) is 0 Å². The molecule has 0 atom stereocenters. The van der Waals surface area contributed by atoms with Crippen molar-refractivity contribution in [1.82, 2.24) is 9.97 Å². The lowest BCUT2D eigenvalue weighted by Gasteiger charge is -2.05. The van der Waals surface area contributed by atoms with E-state index in [2.05, 4.69) is 9.97 Å². The molecule has 0 unspecified atom stereocenters. The van der Waals surface area contributed by atoms with Crippen LogP contribution in [0.15, 0.2) is 24.3 Å². The van der Waals surface area contributed by atoms with Crippen molar-refractivity contribution in [3.8, 4) is 11.8 Å². The van der Waals surface area contributed by atoms with Crippen LogP contribution in [0, 0.1) is 20.2 Å². The first kappa shape index (κ1) is 13.4. The summed E-state index contributed by atoms with van der Waals surface area (Å²) in [4.78, 5) is 28.1. The number of fused-ring (bicyclic) bond motifs is 3. The molecule has 0 fully saturated rings. The van der Waals surface area contributed by atoms with Gasteiger partial charge in [-0.1, -0.05) is 12.1 Å². The van der Waals surface area contributed by atoms with Crippen LogP contribution in [0.5, 0.6) is 11.8 Å². The van der Waals surface area contributed by atoms with E-state index in [0.29, 0.717) is 0 Å². The van der Waals surface area contributed by atoms with E-state index in [1.807, 2.05) is 0 Å². The lowest BCUT2D eigenvalue weighted by Crippen LogP contribution is -1.97. The van der Waals surface area contributed by atoms with Crippen molar-refractivity contribution in [2.45, 2.75) is 0 Å². The molecule has 10 heteroatoms. The van der Waals surface area contributed by atoms with Crippen LogP contribution in [-0.4, -0.2) is 30.0 Å². The Hall–Kier alpha value is -3.56. The van der Waals surface area contributed by atoms with E-state index in [-0.39, 0.29) is 21.8 Å². The highest BCUT2D eigenvalue weighted by atomic mass is 16.6. The maximum absolute atomic E-state index is 11.2. The van der Waals surface area contributed by atoms with E-state index in [9.17, 15) is 30.4 Å². The highest BCUT2D eigenvalue weighted by Crippen LogP contribution is 2.38. The van der Waals surface area contributed by atoms with E-state index in [1.54, 1.807) is 0 Å². The molecule has 0 radical (unpaired) electrons. The van der Waals surface area contributed by atoms with Gasteiger partial charge in [0.15, 0.2) is 0 Å². The smallest absolute Gasteiger partial charge is 0.286 e. The molecule has 1 heterocycles. The summed E-state index contributed by atoms with van der Waals surface area (Å²) < 4.78 is 0. The Morgan fingerprint density at radius 2 is 1.59 bits per heavy atom. The molecule has 0 aliphatic carbocycles. The van der Waals surface area contributed by atoms with E-state index in [4.69, 9.17) is 0 Å². The van der Waals surface area contributed by atoms with Crippen molar-refractivity contribution < 1.29 is 20.1 Å². The van der Waals surface area contributed by atoms with Gasteiger partial charge >= 0.3 is 0 Å². The molecule has 2 N–H and O–H groups in total. The average Bonchev–Trinajstić information content (AvgIpc) is 2.47. The monoisotopic (exact) mass is 302 g/mol. The van der Waals surface area contributed by atoms with E-state index < -0.39 is 33.0 Å². The number of nitrogens with zero attached hydrogens (tertiary/aromatic N) is 4. The summed E-state index contributed by atoms with van der Waals surface area (Å²) in [6.07, 6.45) is 0. The third kappa shape index (κ3) is 1.82. The van der Waals surface area contributed by atoms with Crippen molar-refractivity contribution in [3.05, 3.63) is 44.5 Å². The van der Waals surface area contributed by atoms with Gasteiger partial charge in [0, 0.05) is 17.5 Å². The number of hydrogen-bond donors (Lipinski definition) is 2. The molecule has 3 aromatic rings. The van der Waals surface area contributed by atoms with Gasteiger partial charge < -0.3 is 10.2 Å². The standard InChI is InChI=1S/C12H6N4O6/c17-11-12(18)14-10-5-2-1-3-7(15(19)20)9(5)8(16(21)22)4-6(10)13-11/h1-4H,(H,13,17)(H,14,18). The number of aromatic nitrogens is 2. The highest BCUT2D eigenvalue weighted by Gasteiger charge is 2.25. The van der Waals surface area contributed by atoms with Crippen LogP contribution in [0.1, 0.15) is 0 Å². The molecule has 0 aliphatic rings. The van der Waals surface area contributed by atoms with Gasteiger partial charge in [-0.2, -0.15) is 0 Å². The topological polar surface area (TPSA) is 153 Å². The maximum atomic E-state index is 11.2. The molecule has 2 aromatic carbocycles. The molecule has 0 aliphatic heterocycles. The Balaban J connectivity index is 2.62. The molecule has 0 spiro atoms. The van der Waals surface area contributed by atoms with Gasteiger partial charge in [0.2, 0.25) is 0 Å². The normalized spacial score (nSPS) is 10.9. The molecule has 0 saturated carbocycles. The van der Waals surface area contributed by atoms with Gasteiger partial charge in [-0.05, 0) is 0 Å². The summed E-state index contributed by atoms with van der Waals surface area (Å²) in [5, 5.41) is 41.0. The lowest BCUT2D eigenvalue weighted by molar-refractivity contribution is -0.390. The van der Waals surface area contributed by atoms with Crippen LogP contribution in [0.3, 0.4) is 0 Å². The van der Waals surface area contributed by atoms with Gasteiger partial charge in [0.25, 0.3) is 23.1 Å². The second kappa shape index (κ2) is 4.48. The Kier molecular flexibility index (Phi) is 2.73. The first-order valence-corrected chi connectivity index (χ1v) is 5.84. The zero-order valence-corrected chi connectivity index (χ0v) is 10.6. The molecule has 0 bridgehead atoms. The molecule has 110 valence electrons. The minimum atomic E-state index is -0.786. The summed E-state index contributed by atoms with van der Waals surface area (Å²) in [5.41, 5.74) is -1.04. The van der Waals surface area contributed by atoms with Gasteiger partial charge in [-0.15, -0.1) is 0 Å². The van der Waals surface area contributed by atoms with Gasteiger partial charge in [0.1, 0.15) is 16.4 Å². The van der Waals surface area contributed by atoms with E-state index in [1.165, 1.54) is 12.1 Å². The summed E-state index contributed by atoms with van der Waals surface area (Å²) in [6.45, 7) is 0.